The second-order valence-electron chi connectivity index (χ2n) is 6.00. The number of nitrogens with two attached hydrogens (primary N) is 1. The van der Waals surface area contributed by atoms with Crippen molar-refractivity contribution in [2.24, 2.45) is 11.7 Å². The highest BCUT2D eigenvalue weighted by atomic mass is 16.5. The molecule has 5 heteroatoms. The number of primary amides is 1. The molecule has 0 radical (unpaired) electrons. The van der Waals surface area contributed by atoms with Gasteiger partial charge in [-0.15, -0.1) is 0 Å². The monoisotopic (exact) mass is 286 g/mol. The molecule has 0 aromatic heterocycles. The van der Waals surface area contributed by atoms with E-state index < -0.39 is 6.10 Å². The van der Waals surface area contributed by atoms with Crippen molar-refractivity contribution in [1.29, 1.82) is 0 Å². The molecule has 0 aliphatic heterocycles. The van der Waals surface area contributed by atoms with Gasteiger partial charge in [0.15, 0.2) is 0 Å². The van der Waals surface area contributed by atoms with Gasteiger partial charge in [-0.1, -0.05) is 6.92 Å². The molecule has 118 valence electrons. The van der Waals surface area contributed by atoms with Gasteiger partial charge in [0.2, 0.25) is 5.91 Å². The maximum absolute atomic E-state index is 10.5. The highest BCUT2D eigenvalue weighted by Gasteiger charge is 2.19. The van der Waals surface area contributed by atoms with Gasteiger partial charge in [0.1, 0.15) is 0 Å². The number of aliphatic hydroxyl groups excluding tert-OH is 1. The fourth-order valence-electron chi connectivity index (χ4n) is 2.52. The third kappa shape index (κ3) is 8.51. The van der Waals surface area contributed by atoms with E-state index in [2.05, 4.69) is 12.2 Å². The molecule has 1 aliphatic rings. The Morgan fingerprint density at radius 3 is 2.70 bits per heavy atom. The van der Waals surface area contributed by atoms with Crippen LogP contribution in [-0.2, 0) is 9.53 Å². The molecule has 1 aliphatic carbocycles. The molecular weight excluding hydrogens is 256 g/mol. The number of carbonyl (C=O) groups is 1. The largest absolute Gasteiger partial charge is 0.389 e. The lowest BCUT2D eigenvalue weighted by Crippen LogP contribution is -2.33. The first-order chi connectivity index (χ1) is 9.58. The predicted molar refractivity (Wildman–Crippen MR) is 79.3 cm³/mol. The van der Waals surface area contributed by atoms with Gasteiger partial charge in [0.25, 0.3) is 0 Å². The Balaban J connectivity index is 1.92. The molecular formula is C15H30N2O3. The number of aliphatic hydroxyl groups is 1. The van der Waals surface area contributed by atoms with E-state index in [0.29, 0.717) is 25.7 Å². The molecule has 0 bridgehead atoms. The summed E-state index contributed by atoms with van der Waals surface area (Å²) < 4.78 is 5.75. The molecule has 5 nitrogen and oxygen atoms in total. The second-order valence-corrected chi connectivity index (χ2v) is 6.00. The minimum Gasteiger partial charge on any atom is -0.389 e. The van der Waals surface area contributed by atoms with E-state index in [1.165, 1.54) is 12.8 Å². The average Bonchev–Trinajstić information content (AvgIpc) is 2.41. The SMILES string of the molecule is CC1CCC(OCC(O)CNCCCCC(N)=O)CC1. The molecule has 0 spiro atoms. The summed E-state index contributed by atoms with van der Waals surface area (Å²) in [5.74, 6) is 0.571. The van der Waals surface area contributed by atoms with Gasteiger partial charge in [-0.25, -0.2) is 0 Å². The first-order valence-electron chi connectivity index (χ1n) is 7.86. The number of hydrogen-bond donors (Lipinski definition) is 3. The van der Waals surface area contributed by atoms with E-state index in [9.17, 15) is 9.90 Å². The molecule has 1 saturated carbocycles. The van der Waals surface area contributed by atoms with E-state index in [4.69, 9.17) is 10.5 Å². The highest BCUT2D eigenvalue weighted by Crippen LogP contribution is 2.25. The van der Waals surface area contributed by atoms with Gasteiger partial charge in [0, 0.05) is 13.0 Å². The summed E-state index contributed by atoms with van der Waals surface area (Å²) in [5.41, 5.74) is 5.06. The highest BCUT2D eigenvalue weighted by molar-refractivity contribution is 5.73. The molecule has 0 aromatic carbocycles. The standard InChI is InChI=1S/C15H30N2O3/c1-12-5-7-14(8-6-12)20-11-13(18)10-17-9-3-2-4-15(16)19/h12-14,17-18H,2-11H2,1H3,(H2,16,19). The summed E-state index contributed by atoms with van der Waals surface area (Å²) >= 11 is 0. The number of rotatable bonds is 10. The van der Waals surface area contributed by atoms with Crippen LogP contribution in [0.4, 0.5) is 0 Å². The van der Waals surface area contributed by atoms with Gasteiger partial charge in [-0.3, -0.25) is 4.79 Å². The van der Waals surface area contributed by atoms with Crippen LogP contribution < -0.4 is 11.1 Å². The minimum absolute atomic E-state index is 0.250. The Morgan fingerprint density at radius 2 is 2.05 bits per heavy atom. The van der Waals surface area contributed by atoms with E-state index in [-0.39, 0.29) is 5.91 Å². The molecule has 1 atom stereocenters. The number of carbonyl (C=O) groups excluding carboxylic acids is 1. The second kappa shape index (κ2) is 10.1. The van der Waals surface area contributed by atoms with E-state index in [1.807, 2.05) is 0 Å². The fraction of sp³-hybridized carbons (Fsp3) is 0.933. The quantitative estimate of drug-likeness (QED) is 0.527. The summed E-state index contributed by atoms with van der Waals surface area (Å²) in [6, 6.07) is 0. The van der Waals surface area contributed by atoms with Crippen LogP contribution in [0, 0.1) is 5.92 Å². The number of nitrogens with one attached hydrogen (secondary N) is 1. The third-order valence-corrected chi connectivity index (χ3v) is 3.89. The maximum Gasteiger partial charge on any atom is 0.217 e. The number of unbranched alkanes of at least 4 members (excludes halogenated alkanes) is 1. The van der Waals surface area contributed by atoms with E-state index >= 15 is 0 Å². The molecule has 4 N–H and O–H groups in total. The smallest absolute Gasteiger partial charge is 0.217 e. The van der Waals surface area contributed by atoms with Gasteiger partial charge in [-0.05, 0) is 51.0 Å². The van der Waals surface area contributed by atoms with Crippen LogP contribution in [0.25, 0.3) is 0 Å². The Kier molecular flexibility index (Phi) is 8.82. The fourth-order valence-corrected chi connectivity index (χ4v) is 2.52. The van der Waals surface area contributed by atoms with Crippen LogP contribution in [0.1, 0.15) is 51.9 Å². The molecule has 1 amide bonds. The Morgan fingerprint density at radius 1 is 1.35 bits per heavy atom. The molecule has 1 unspecified atom stereocenters. The van der Waals surface area contributed by atoms with Crippen LogP contribution in [-0.4, -0.2) is 42.9 Å². The number of hydrogen-bond acceptors (Lipinski definition) is 4. The average molecular weight is 286 g/mol. The van der Waals surface area contributed by atoms with Crippen molar-refractivity contribution in [3.05, 3.63) is 0 Å². The van der Waals surface area contributed by atoms with Crippen molar-refractivity contribution in [3.63, 3.8) is 0 Å². The van der Waals surface area contributed by atoms with Crippen LogP contribution in [0.15, 0.2) is 0 Å². The van der Waals surface area contributed by atoms with E-state index in [0.717, 1.165) is 38.1 Å². The molecule has 1 fully saturated rings. The maximum atomic E-state index is 10.5. The first-order valence-corrected chi connectivity index (χ1v) is 7.86. The molecule has 20 heavy (non-hydrogen) atoms. The Labute approximate surface area is 122 Å². The summed E-state index contributed by atoms with van der Waals surface area (Å²) in [4.78, 5) is 10.5. The summed E-state index contributed by atoms with van der Waals surface area (Å²) in [5, 5.41) is 13.0. The normalized spacial score (nSPS) is 24.5. The van der Waals surface area contributed by atoms with Crippen molar-refractivity contribution >= 4 is 5.91 Å². The molecule has 0 aromatic rings. The Hall–Kier alpha value is -0.650. The van der Waals surface area contributed by atoms with Crippen LogP contribution in [0.3, 0.4) is 0 Å². The zero-order valence-corrected chi connectivity index (χ0v) is 12.6. The summed E-state index contributed by atoms with van der Waals surface area (Å²) in [6.45, 7) is 4.03. The zero-order chi connectivity index (χ0) is 14.8. The topological polar surface area (TPSA) is 84.6 Å². The Bertz CT molecular complexity index is 266. The van der Waals surface area contributed by atoms with Crippen molar-refractivity contribution in [2.45, 2.75) is 64.1 Å². The lowest BCUT2D eigenvalue weighted by molar-refractivity contribution is -0.118. The van der Waals surface area contributed by atoms with Crippen LogP contribution in [0.5, 0.6) is 0 Å². The first kappa shape index (κ1) is 17.4. The van der Waals surface area contributed by atoms with Gasteiger partial charge >= 0.3 is 0 Å². The molecule has 0 saturated heterocycles. The predicted octanol–water partition coefficient (Wildman–Crippen LogP) is 1.19. The summed E-state index contributed by atoms with van der Waals surface area (Å²) in [6.07, 6.45) is 6.72. The van der Waals surface area contributed by atoms with Crippen molar-refractivity contribution in [1.82, 2.24) is 5.32 Å². The lowest BCUT2D eigenvalue weighted by atomic mass is 9.89. The third-order valence-electron chi connectivity index (χ3n) is 3.89. The van der Waals surface area contributed by atoms with Crippen LogP contribution >= 0.6 is 0 Å². The van der Waals surface area contributed by atoms with Gasteiger partial charge < -0.3 is 20.9 Å². The van der Waals surface area contributed by atoms with Crippen molar-refractivity contribution < 1.29 is 14.6 Å². The van der Waals surface area contributed by atoms with Gasteiger partial charge in [0.05, 0.1) is 18.8 Å². The van der Waals surface area contributed by atoms with E-state index in [1.54, 1.807) is 0 Å². The van der Waals surface area contributed by atoms with Crippen LogP contribution in [0.2, 0.25) is 0 Å². The van der Waals surface area contributed by atoms with Crippen molar-refractivity contribution in [2.75, 3.05) is 19.7 Å². The number of ether oxygens (including phenoxy) is 1. The minimum atomic E-state index is -0.453. The molecule has 1 rings (SSSR count). The number of amides is 1. The summed E-state index contributed by atoms with van der Waals surface area (Å²) in [7, 11) is 0. The van der Waals surface area contributed by atoms with Crippen molar-refractivity contribution in [3.8, 4) is 0 Å². The zero-order valence-electron chi connectivity index (χ0n) is 12.6. The molecule has 0 heterocycles. The van der Waals surface area contributed by atoms with Gasteiger partial charge in [-0.2, -0.15) is 0 Å². The lowest BCUT2D eigenvalue weighted by Gasteiger charge is -2.27.